The van der Waals surface area contributed by atoms with E-state index in [1.54, 1.807) is 42.5 Å². The Kier molecular flexibility index (Phi) is 4.90. The van der Waals surface area contributed by atoms with Crippen LogP contribution in [0.25, 0.3) is 10.9 Å². The van der Waals surface area contributed by atoms with Gasteiger partial charge in [0.05, 0.1) is 17.1 Å². The van der Waals surface area contributed by atoms with Crippen molar-refractivity contribution in [2.45, 2.75) is 12.5 Å². The highest BCUT2D eigenvalue weighted by atomic mass is 16.4. The molecule has 0 bridgehead atoms. The number of fused-ring (bicyclic) bond motifs is 1. The van der Waals surface area contributed by atoms with Crippen LogP contribution in [0.15, 0.2) is 60.7 Å². The Bertz CT molecular complexity index is 1020. The van der Waals surface area contributed by atoms with Gasteiger partial charge >= 0.3 is 5.97 Å². The van der Waals surface area contributed by atoms with Gasteiger partial charge in [-0.15, -0.1) is 0 Å². The molecule has 0 radical (unpaired) electrons. The number of carboxylic acids is 1. The van der Waals surface area contributed by atoms with Gasteiger partial charge < -0.3 is 10.4 Å². The lowest BCUT2D eigenvalue weighted by molar-refractivity contribution is -0.139. The maximum atomic E-state index is 12.4. The maximum absolute atomic E-state index is 12.4. The van der Waals surface area contributed by atoms with E-state index < -0.39 is 17.9 Å². The van der Waals surface area contributed by atoms with Crippen molar-refractivity contribution in [2.24, 2.45) is 0 Å². The van der Waals surface area contributed by atoms with Crippen LogP contribution in [0.1, 0.15) is 21.6 Å². The van der Waals surface area contributed by atoms with E-state index in [9.17, 15) is 14.7 Å². The molecular weight excluding hydrogens is 330 g/mol. The Labute approximate surface area is 149 Å². The van der Waals surface area contributed by atoms with Gasteiger partial charge in [-0.05, 0) is 29.8 Å². The molecule has 2 N–H and O–H groups in total. The van der Waals surface area contributed by atoms with Crippen molar-refractivity contribution >= 4 is 22.8 Å². The number of nitrogens with one attached hydrogen (secondary N) is 1. The Morgan fingerprint density at radius 3 is 2.69 bits per heavy atom. The summed E-state index contributed by atoms with van der Waals surface area (Å²) in [4.78, 5) is 28.2. The number of carboxylic acid groups (broad SMARTS) is 1. The van der Waals surface area contributed by atoms with E-state index in [4.69, 9.17) is 5.26 Å². The van der Waals surface area contributed by atoms with Crippen molar-refractivity contribution < 1.29 is 14.7 Å². The van der Waals surface area contributed by atoms with E-state index >= 15 is 0 Å². The van der Waals surface area contributed by atoms with Gasteiger partial charge in [-0.2, -0.15) is 5.26 Å². The summed E-state index contributed by atoms with van der Waals surface area (Å²) in [5.74, 6) is -1.71. The van der Waals surface area contributed by atoms with Gasteiger partial charge in [-0.3, -0.25) is 4.79 Å². The molecule has 0 spiro atoms. The van der Waals surface area contributed by atoms with Gasteiger partial charge in [-0.1, -0.05) is 36.4 Å². The molecule has 0 saturated carbocycles. The minimum absolute atomic E-state index is 0.0736. The highest BCUT2D eigenvalue weighted by molar-refractivity contribution is 5.97. The number of nitriles is 1. The number of para-hydroxylation sites is 1. The molecule has 6 heteroatoms. The molecule has 0 unspecified atom stereocenters. The zero-order valence-corrected chi connectivity index (χ0v) is 13.7. The largest absolute Gasteiger partial charge is 0.480 e. The van der Waals surface area contributed by atoms with Crippen LogP contribution in [-0.4, -0.2) is 28.0 Å². The number of amides is 1. The quantitative estimate of drug-likeness (QED) is 0.739. The van der Waals surface area contributed by atoms with Gasteiger partial charge in [0, 0.05) is 11.8 Å². The molecular formula is C20H15N3O3. The number of carbonyl (C=O) groups excluding carboxylic acids is 1. The van der Waals surface area contributed by atoms with Crippen molar-refractivity contribution in [3.63, 3.8) is 0 Å². The SMILES string of the molecule is N#Cc1cccc(C[C@H](NC(=O)c2ccc3ccccc3n2)C(=O)O)c1. The van der Waals surface area contributed by atoms with Crippen LogP contribution < -0.4 is 5.32 Å². The van der Waals surface area contributed by atoms with Gasteiger partial charge in [0.25, 0.3) is 5.91 Å². The second kappa shape index (κ2) is 7.45. The first-order valence-electron chi connectivity index (χ1n) is 7.95. The fourth-order valence-electron chi connectivity index (χ4n) is 2.63. The van der Waals surface area contributed by atoms with Crippen LogP contribution in [0.2, 0.25) is 0 Å². The standard InChI is InChI=1S/C20H15N3O3/c21-12-14-5-3-4-13(10-14)11-18(20(25)26)23-19(24)17-9-8-15-6-1-2-7-16(15)22-17/h1-10,18H,11H2,(H,23,24)(H,25,26)/t18-/m0/s1. The van der Waals surface area contributed by atoms with Crippen molar-refractivity contribution in [3.05, 3.63) is 77.5 Å². The lowest BCUT2D eigenvalue weighted by Crippen LogP contribution is -2.42. The summed E-state index contributed by atoms with van der Waals surface area (Å²) in [6, 6.07) is 18.2. The lowest BCUT2D eigenvalue weighted by Gasteiger charge is -2.14. The minimum atomic E-state index is -1.15. The monoisotopic (exact) mass is 345 g/mol. The summed E-state index contributed by atoms with van der Waals surface area (Å²) >= 11 is 0. The number of aromatic nitrogens is 1. The highest BCUT2D eigenvalue weighted by Crippen LogP contribution is 2.12. The zero-order valence-electron chi connectivity index (χ0n) is 13.7. The van der Waals surface area contributed by atoms with Crippen molar-refractivity contribution in [2.75, 3.05) is 0 Å². The first-order valence-corrected chi connectivity index (χ1v) is 7.95. The van der Waals surface area contributed by atoms with Gasteiger partial charge in [0.15, 0.2) is 0 Å². The van der Waals surface area contributed by atoms with E-state index in [-0.39, 0.29) is 12.1 Å². The summed E-state index contributed by atoms with van der Waals surface area (Å²) in [7, 11) is 0. The Hall–Kier alpha value is -3.72. The van der Waals surface area contributed by atoms with E-state index in [0.29, 0.717) is 16.6 Å². The molecule has 3 rings (SSSR count). The molecule has 2 aromatic carbocycles. The summed E-state index contributed by atoms with van der Waals surface area (Å²) in [6.45, 7) is 0. The molecule has 0 saturated heterocycles. The number of aliphatic carboxylic acids is 1. The molecule has 1 atom stereocenters. The predicted molar refractivity (Wildman–Crippen MR) is 95.5 cm³/mol. The number of hydrogen-bond donors (Lipinski definition) is 2. The maximum Gasteiger partial charge on any atom is 0.326 e. The normalized spacial score (nSPS) is 11.5. The molecule has 6 nitrogen and oxygen atoms in total. The number of carbonyl (C=O) groups is 2. The molecule has 1 heterocycles. The Morgan fingerprint density at radius 1 is 1.12 bits per heavy atom. The fraction of sp³-hybridized carbons (Fsp3) is 0.100. The van der Waals surface area contributed by atoms with Crippen molar-refractivity contribution in [1.29, 1.82) is 5.26 Å². The molecule has 26 heavy (non-hydrogen) atoms. The van der Waals surface area contributed by atoms with Crippen LogP contribution in [-0.2, 0) is 11.2 Å². The third kappa shape index (κ3) is 3.84. The number of benzene rings is 2. The summed E-state index contributed by atoms with van der Waals surface area (Å²) < 4.78 is 0. The van der Waals surface area contributed by atoms with Crippen LogP contribution >= 0.6 is 0 Å². The zero-order chi connectivity index (χ0) is 18.5. The average molecular weight is 345 g/mol. The lowest BCUT2D eigenvalue weighted by atomic mass is 10.0. The van der Waals surface area contributed by atoms with Crippen molar-refractivity contribution in [3.8, 4) is 6.07 Å². The third-order valence-electron chi connectivity index (χ3n) is 3.93. The van der Waals surface area contributed by atoms with Crippen LogP contribution in [0, 0.1) is 11.3 Å². The molecule has 1 amide bonds. The second-order valence-corrected chi connectivity index (χ2v) is 5.77. The first-order chi connectivity index (χ1) is 12.6. The van der Waals surface area contributed by atoms with Crippen LogP contribution in [0.3, 0.4) is 0 Å². The summed E-state index contributed by atoms with van der Waals surface area (Å²) in [5.41, 5.74) is 1.91. The van der Waals surface area contributed by atoms with E-state index in [0.717, 1.165) is 5.39 Å². The first kappa shape index (κ1) is 17.1. The number of nitrogens with zero attached hydrogens (tertiary/aromatic N) is 2. The highest BCUT2D eigenvalue weighted by Gasteiger charge is 2.22. The Balaban J connectivity index is 1.79. The number of rotatable bonds is 5. The number of hydrogen-bond acceptors (Lipinski definition) is 4. The smallest absolute Gasteiger partial charge is 0.326 e. The van der Waals surface area contributed by atoms with Gasteiger partial charge in [0.2, 0.25) is 0 Å². The number of pyridine rings is 1. The molecule has 0 fully saturated rings. The van der Waals surface area contributed by atoms with E-state index in [1.807, 2.05) is 24.3 Å². The van der Waals surface area contributed by atoms with E-state index in [2.05, 4.69) is 10.3 Å². The molecule has 1 aromatic heterocycles. The minimum Gasteiger partial charge on any atom is -0.480 e. The summed E-state index contributed by atoms with van der Waals surface area (Å²) in [5, 5.41) is 21.8. The Morgan fingerprint density at radius 2 is 1.92 bits per heavy atom. The molecule has 0 aliphatic heterocycles. The second-order valence-electron chi connectivity index (χ2n) is 5.77. The fourth-order valence-corrected chi connectivity index (χ4v) is 2.63. The van der Waals surface area contributed by atoms with Crippen LogP contribution in [0.4, 0.5) is 0 Å². The molecule has 0 aliphatic rings. The molecule has 0 aliphatic carbocycles. The molecule has 3 aromatic rings. The van der Waals surface area contributed by atoms with Crippen molar-refractivity contribution in [1.82, 2.24) is 10.3 Å². The average Bonchev–Trinajstić information content (AvgIpc) is 2.67. The topological polar surface area (TPSA) is 103 Å². The predicted octanol–water partition coefficient (Wildman–Crippen LogP) is 2.53. The van der Waals surface area contributed by atoms with Crippen LogP contribution in [0.5, 0.6) is 0 Å². The third-order valence-corrected chi connectivity index (χ3v) is 3.93. The van der Waals surface area contributed by atoms with Gasteiger partial charge in [-0.25, -0.2) is 9.78 Å². The molecule has 128 valence electrons. The summed E-state index contributed by atoms with van der Waals surface area (Å²) in [6.07, 6.45) is 0.0736. The van der Waals surface area contributed by atoms with Gasteiger partial charge in [0.1, 0.15) is 11.7 Å². The van der Waals surface area contributed by atoms with E-state index in [1.165, 1.54) is 0 Å².